The number of urea groups is 1. The maximum atomic E-state index is 15.0. The van der Waals surface area contributed by atoms with Crippen LogP contribution in [0.1, 0.15) is 0 Å². The number of hydrogen-bond acceptors (Lipinski definition) is 4. The van der Waals surface area contributed by atoms with Crippen LogP contribution >= 0.6 is 15.9 Å². The van der Waals surface area contributed by atoms with Crippen LogP contribution in [0.3, 0.4) is 0 Å². The summed E-state index contributed by atoms with van der Waals surface area (Å²) < 4.78 is 15.9. The predicted molar refractivity (Wildman–Crippen MR) is 116 cm³/mol. The van der Waals surface area contributed by atoms with E-state index in [1.54, 1.807) is 30.0 Å². The fourth-order valence-electron chi connectivity index (χ4n) is 3.59. The molecule has 1 fully saturated rings. The molecule has 3 aromatic rings. The molecule has 0 radical (unpaired) electrons. The molecular formula is C21H21BrFN5O. The van der Waals surface area contributed by atoms with Crippen molar-refractivity contribution in [2.24, 2.45) is 0 Å². The molecule has 1 aromatic heterocycles. The Morgan fingerprint density at radius 1 is 1.07 bits per heavy atom. The number of anilines is 1. The van der Waals surface area contributed by atoms with E-state index in [9.17, 15) is 4.79 Å². The Labute approximate surface area is 177 Å². The highest BCUT2D eigenvalue weighted by Crippen LogP contribution is 2.31. The fraction of sp³-hybridized carbons (Fsp3) is 0.286. The van der Waals surface area contributed by atoms with E-state index in [0.29, 0.717) is 43.1 Å². The number of benzene rings is 2. The van der Waals surface area contributed by atoms with Crippen molar-refractivity contribution in [3.8, 4) is 11.3 Å². The highest BCUT2D eigenvalue weighted by atomic mass is 79.9. The lowest BCUT2D eigenvalue weighted by molar-refractivity contribution is 0.168. The van der Waals surface area contributed by atoms with Crippen LogP contribution in [0.2, 0.25) is 0 Å². The number of piperazine rings is 1. The topological polar surface area (TPSA) is 52.6 Å². The molecule has 1 aliphatic heterocycles. The number of fused-ring (bicyclic) bond motifs is 1. The Morgan fingerprint density at radius 2 is 1.83 bits per heavy atom. The second-order valence-corrected chi connectivity index (χ2v) is 8.12. The lowest BCUT2D eigenvalue weighted by atomic mass is 10.1. The van der Waals surface area contributed by atoms with Crippen molar-refractivity contribution in [3.63, 3.8) is 0 Å². The van der Waals surface area contributed by atoms with Crippen LogP contribution in [-0.2, 0) is 0 Å². The molecule has 1 aliphatic rings. The van der Waals surface area contributed by atoms with Crippen molar-refractivity contribution in [1.82, 2.24) is 19.8 Å². The van der Waals surface area contributed by atoms with Gasteiger partial charge in [-0.15, -0.1) is 0 Å². The third-order valence-electron chi connectivity index (χ3n) is 5.09. The number of carbonyl (C=O) groups excluding carboxylic acids is 1. The van der Waals surface area contributed by atoms with Gasteiger partial charge in [-0.3, -0.25) is 0 Å². The lowest BCUT2D eigenvalue weighted by Crippen LogP contribution is -2.51. The summed E-state index contributed by atoms with van der Waals surface area (Å²) in [6, 6.07) is 11.0. The summed E-state index contributed by atoms with van der Waals surface area (Å²) >= 11 is 3.47. The fourth-order valence-corrected chi connectivity index (χ4v) is 3.95. The number of nitrogens with zero attached hydrogens (tertiary/aromatic N) is 5. The smallest absolute Gasteiger partial charge is 0.319 e. The first kappa shape index (κ1) is 19.6. The van der Waals surface area contributed by atoms with E-state index >= 15 is 4.39 Å². The van der Waals surface area contributed by atoms with Gasteiger partial charge < -0.3 is 14.7 Å². The summed E-state index contributed by atoms with van der Waals surface area (Å²) in [5.74, 6) is -0.295. The first-order valence-electron chi connectivity index (χ1n) is 9.35. The maximum absolute atomic E-state index is 15.0. The van der Waals surface area contributed by atoms with Crippen molar-refractivity contribution < 1.29 is 9.18 Å². The number of aromatic nitrogens is 2. The Morgan fingerprint density at radius 3 is 2.52 bits per heavy atom. The van der Waals surface area contributed by atoms with E-state index in [2.05, 4.69) is 25.9 Å². The molecule has 0 spiro atoms. The summed E-state index contributed by atoms with van der Waals surface area (Å²) in [4.78, 5) is 26.1. The van der Waals surface area contributed by atoms with Gasteiger partial charge in [-0.05, 0) is 30.3 Å². The normalized spacial score (nSPS) is 14.3. The minimum atomic E-state index is -0.295. The summed E-state index contributed by atoms with van der Waals surface area (Å²) in [6.07, 6.45) is 1.50. The quantitative estimate of drug-likeness (QED) is 0.583. The third kappa shape index (κ3) is 3.89. The molecule has 0 atom stereocenters. The summed E-state index contributed by atoms with van der Waals surface area (Å²) in [7, 11) is 3.48. The van der Waals surface area contributed by atoms with Gasteiger partial charge in [0.25, 0.3) is 0 Å². The second kappa shape index (κ2) is 7.94. The first-order valence-corrected chi connectivity index (χ1v) is 10.1. The molecule has 0 aliphatic carbocycles. The molecule has 2 amide bonds. The number of hydrogen-bond donors (Lipinski definition) is 0. The van der Waals surface area contributed by atoms with Gasteiger partial charge >= 0.3 is 6.03 Å². The van der Waals surface area contributed by atoms with Crippen LogP contribution in [0.15, 0.2) is 47.2 Å². The van der Waals surface area contributed by atoms with E-state index in [-0.39, 0.29) is 11.8 Å². The largest absolute Gasteiger partial charge is 0.366 e. The average Bonchev–Trinajstić information content (AvgIpc) is 2.72. The predicted octanol–water partition coefficient (Wildman–Crippen LogP) is 4.00. The SMILES string of the molecule is CN(C)C(=O)N1CCN(c2ccc(-c3ncnc4ccc(Br)cc34)cc2F)CC1. The van der Waals surface area contributed by atoms with E-state index in [0.717, 1.165) is 15.4 Å². The molecule has 0 N–H and O–H groups in total. The molecule has 150 valence electrons. The second-order valence-electron chi connectivity index (χ2n) is 7.20. The van der Waals surface area contributed by atoms with Gasteiger partial charge in [0.1, 0.15) is 12.1 Å². The van der Waals surface area contributed by atoms with Crippen LogP contribution in [0, 0.1) is 5.82 Å². The van der Waals surface area contributed by atoms with Gasteiger partial charge in [0.05, 0.1) is 16.9 Å². The summed E-state index contributed by atoms with van der Waals surface area (Å²) in [5, 5.41) is 0.866. The van der Waals surface area contributed by atoms with Gasteiger partial charge in [-0.25, -0.2) is 19.2 Å². The van der Waals surface area contributed by atoms with Crippen molar-refractivity contribution in [2.45, 2.75) is 0 Å². The lowest BCUT2D eigenvalue weighted by Gasteiger charge is -2.37. The van der Waals surface area contributed by atoms with Crippen molar-refractivity contribution >= 4 is 38.6 Å². The zero-order chi connectivity index (χ0) is 20.5. The van der Waals surface area contributed by atoms with E-state index in [1.165, 1.54) is 12.4 Å². The molecule has 0 bridgehead atoms. The molecule has 0 unspecified atom stereocenters. The Hall–Kier alpha value is -2.74. The van der Waals surface area contributed by atoms with Crippen LogP contribution < -0.4 is 4.90 Å². The number of halogens is 2. The summed E-state index contributed by atoms with van der Waals surface area (Å²) in [6.45, 7) is 2.34. The van der Waals surface area contributed by atoms with Crippen LogP contribution in [-0.4, -0.2) is 66.1 Å². The van der Waals surface area contributed by atoms with E-state index in [1.807, 2.05) is 29.2 Å². The standard InChI is InChI=1S/C21H21BrFN5O/c1-26(2)21(29)28-9-7-27(8-10-28)19-6-3-14(11-17(19)23)20-16-12-15(22)4-5-18(16)24-13-25-20/h3-6,11-13H,7-10H2,1-2H3. The van der Waals surface area contributed by atoms with Gasteiger partial charge in [0.2, 0.25) is 0 Å². The van der Waals surface area contributed by atoms with Gasteiger partial charge in [0, 0.05) is 55.7 Å². The van der Waals surface area contributed by atoms with Crippen molar-refractivity contribution in [3.05, 3.63) is 53.0 Å². The maximum Gasteiger partial charge on any atom is 0.319 e. The zero-order valence-corrected chi connectivity index (χ0v) is 17.9. The van der Waals surface area contributed by atoms with Crippen LogP contribution in [0.25, 0.3) is 22.2 Å². The minimum Gasteiger partial charge on any atom is -0.366 e. The Bertz CT molecular complexity index is 1070. The molecule has 2 aromatic carbocycles. The number of amides is 2. The Kier molecular flexibility index (Phi) is 5.36. The van der Waals surface area contributed by atoms with Gasteiger partial charge in [-0.1, -0.05) is 22.0 Å². The third-order valence-corrected chi connectivity index (χ3v) is 5.59. The number of carbonyl (C=O) groups is 1. The van der Waals surface area contributed by atoms with Gasteiger partial charge in [0.15, 0.2) is 0 Å². The molecule has 8 heteroatoms. The van der Waals surface area contributed by atoms with E-state index < -0.39 is 0 Å². The molecule has 0 saturated carbocycles. The molecule has 1 saturated heterocycles. The first-order chi connectivity index (χ1) is 13.9. The van der Waals surface area contributed by atoms with Crippen molar-refractivity contribution in [1.29, 1.82) is 0 Å². The number of rotatable bonds is 2. The Balaban J connectivity index is 1.59. The zero-order valence-electron chi connectivity index (χ0n) is 16.3. The molecule has 6 nitrogen and oxygen atoms in total. The average molecular weight is 458 g/mol. The van der Waals surface area contributed by atoms with Crippen LogP contribution in [0.4, 0.5) is 14.9 Å². The molecule has 29 heavy (non-hydrogen) atoms. The molecule has 4 rings (SSSR count). The highest BCUT2D eigenvalue weighted by molar-refractivity contribution is 9.10. The van der Waals surface area contributed by atoms with Gasteiger partial charge in [-0.2, -0.15) is 0 Å². The highest BCUT2D eigenvalue weighted by Gasteiger charge is 2.24. The van der Waals surface area contributed by atoms with E-state index in [4.69, 9.17) is 0 Å². The molecular weight excluding hydrogens is 437 g/mol. The molecule has 2 heterocycles. The summed E-state index contributed by atoms with van der Waals surface area (Å²) in [5.41, 5.74) is 2.76. The minimum absolute atomic E-state index is 0.0118. The monoisotopic (exact) mass is 457 g/mol. The van der Waals surface area contributed by atoms with Crippen molar-refractivity contribution in [2.75, 3.05) is 45.2 Å². The van der Waals surface area contributed by atoms with Crippen LogP contribution in [0.5, 0.6) is 0 Å².